The zero-order chi connectivity index (χ0) is 56.4. The maximum Gasteiger partial charge on any atom is 0.306 e. The van der Waals surface area contributed by atoms with E-state index in [-0.39, 0.29) is 31.1 Å². The number of esters is 3. The van der Waals surface area contributed by atoms with Crippen LogP contribution in [0.2, 0.25) is 0 Å². The van der Waals surface area contributed by atoms with E-state index in [0.29, 0.717) is 19.3 Å². The molecule has 0 aliphatic rings. The van der Waals surface area contributed by atoms with Crippen molar-refractivity contribution in [1.82, 2.24) is 0 Å². The van der Waals surface area contributed by atoms with Crippen LogP contribution < -0.4 is 0 Å². The molecule has 0 radical (unpaired) electrons. The molecular weight excluding hydrogens is 961 g/mol. The number of ether oxygens (including phenoxy) is 3. The summed E-state index contributed by atoms with van der Waals surface area (Å²) in [6.45, 7) is 6.67. The maximum atomic E-state index is 12.9. The van der Waals surface area contributed by atoms with Crippen molar-refractivity contribution in [3.63, 3.8) is 0 Å². The van der Waals surface area contributed by atoms with Crippen molar-refractivity contribution >= 4 is 17.9 Å². The van der Waals surface area contributed by atoms with Gasteiger partial charge in [0.25, 0.3) is 0 Å². The molecule has 0 aromatic rings. The number of hydrogen-bond donors (Lipinski definition) is 0. The normalized spacial score (nSPS) is 12.3. The second-order valence-corrected chi connectivity index (χ2v) is 23.4. The Labute approximate surface area is 486 Å². The van der Waals surface area contributed by atoms with Gasteiger partial charge in [-0.1, -0.05) is 320 Å². The summed E-state index contributed by atoms with van der Waals surface area (Å²) in [6.07, 6.45) is 84.2. The van der Waals surface area contributed by atoms with Crippen molar-refractivity contribution in [1.29, 1.82) is 0 Å². The highest BCUT2D eigenvalue weighted by molar-refractivity contribution is 5.71. The summed E-state index contributed by atoms with van der Waals surface area (Å²) in [5, 5.41) is 0. The molecule has 0 aliphatic carbocycles. The minimum Gasteiger partial charge on any atom is -0.462 e. The molecule has 1 atom stereocenters. The van der Waals surface area contributed by atoms with Crippen LogP contribution in [0.4, 0.5) is 0 Å². The lowest BCUT2D eigenvalue weighted by Crippen LogP contribution is -2.30. The fraction of sp³-hybridized carbons (Fsp3) is 0.847. The highest BCUT2D eigenvalue weighted by atomic mass is 16.6. The summed E-state index contributed by atoms with van der Waals surface area (Å²) >= 11 is 0. The zero-order valence-corrected chi connectivity index (χ0v) is 52.5. The summed E-state index contributed by atoms with van der Waals surface area (Å²) in [7, 11) is 0. The number of carbonyl (C=O) groups excluding carboxylic acids is 3. The molecule has 1 unspecified atom stereocenters. The van der Waals surface area contributed by atoms with E-state index in [2.05, 4.69) is 69.4 Å². The average molecular weight is 1090 g/mol. The maximum absolute atomic E-state index is 12.9. The standard InChI is InChI=1S/C72H132O6/c1-4-7-10-13-16-19-22-25-28-30-32-34-35-36-38-39-41-44-47-50-53-56-59-62-65-71(74)77-68-69(67-76-70(73)64-61-58-55-52-49-46-43-27-24-21-18-15-12-9-6-3)78-72(75)66-63-60-57-54-51-48-45-42-40-37-33-31-29-26-23-20-17-14-11-8-5-2/h23,26-27,31,33,40,42-43,69H,4-22,24-25,28-30,32,34-39,41,44-68H2,1-3H3/b26-23-,33-31-,42-40-,43-27-. The van der Waals surface area contributed by atoms with E-state index in [0.717, 1.165) is 83.5 Å². The summed E-state index contributed by atoms with van der Waals surface area (Å²) in [4.78, 5) is 38.4. The van der Waals surface area contributed by atoms with E-state index >= 15 is 0 Å². The van der Waals surface area contributed by atoms with Gasteiger partial charge in [0.1, 0.15) is 13.2 Å². The van der Waals surface area contributed by atoms with Crippen molar-refractivity contribution in [3.8, 4) is 0 Å². The molecule has 6 heteroatoms. The highest BCUT2D eigenvalue weighted by Gasteiger charge is 2.19. The summed E-state index contributed by atoms with van der Waals surface area (Å²) in [5.74, 6) is -0.874. The molecule has 0 aromatic carbocycles. The van der Waals surface area contributed by atoms with Gasteiger partial charge in [-0.15, -0.1) is 0 Å². The third kappa shape index (κ3) is 64.2. The summed E-state index contributed by atoms with van der Waals surface area (Å²) in [5.41, 5.74) is 0. The lowest BCUT2D eigenvalue weighted by atomic mass is 10.0. The van der Waals surface area contributed by atoms with Gasteiger partial charge in [-0.2, -0.15) is 0 Å². The van der Waals surface area contributed by atoms with Crippen LogP contribution in [0.1, 0.15) is 374 Å². The molecule has 456 valence electrons. The fourth-order valence-corrected chi connectivity index (χ4v) is 10.3. The van der Waals surface area contributed by atoms with E-state index in [9.17, 15) is 14.4 Å². The largest absolute Gasteiger partial charge is 0.462 e. The Balaban J connectivity index is 4.32. The van der Waals surface area contributed by atoms with Gasteiger partial charge in [-0.25, -0.2) is 0 Å². The molecular formula is C72H132O6. The number of carbonyl (C=O) groups is 3. The molecule has 0 saturated carbocycles. The van der Waals surface area contributed by atoms with Crippen molar-refractivity contribution < 1.29 is 28.6 Å². The summed E-state index contributed by atoms with van der Waals surface area (Å²) in [6, 6.07) is 0. The Hall–Kier alpha value is -2.63. The fourth-order valence-electron chi connectivity index (χ4n) is 10.3. The van der Waals surface area contributed by atoms with Crippen LogP contribution in [0, 0.1) is 0 Å². The van der Waals surface area contributed by atoms with Gasteiger partial charge in [-0.05, 0) is 83.5 Å². The van der Waals surface area contributed by atoms with Crippen LogP contribution in [-0.4, -0.2) is 37.2 Å². The molecule has 0 N–H and O–H groups in total. The first kappa shape index (κ1) is 75.4. The molecule has 0 spiro atoms. The van der Waals surface area contributed by atoms with Crippen LogP contribution in [0.25, 0.3) is 0 Å². The van der Waals surface area contributed by atoms with Crippen LogP contribution in [-0.2, 0) is 28.6 Å². The van der Waals surface area contributed by atoms with Crippen molar-refractivity contribution in [2.75, 3.05) is 13.2 Å². The molecule has 6 nitrogen and oxygen atoms in total. The van der Waals surface area contributed by atoms with Gasteiger partial charge in [0.05, 0.1) is 0 Å². The monoisotopic (exact) mass is 1090 g/mol. The summed E-state index contributed by atoms with van der Waals surface area (Å²) < 4.78 is 17.0. The Morgan fingerprint density at radius 3 is 0.731 bits per heavy atom. The van der Waals surface area contributed by atoms with Crippen LogP contribution in [0.3, 0.4) is 0 Å². The predicted octanol–water partition coefficient (Wildman–Crippen LogP) is 23.7. The first-order chi connectivity index (χ1) is 38.5. The first-order valence-electron chi connectivity index (χ1n) is 34.6. The second kappa shape index (κ2) is 66.9. The molecule has 0 heterocycles. The van der Waals surface area contributed by atoms with E-state index in [1.165, 1.54) is 250 Å². The SMILES string of the molecule is CCCCCCC/C=C\C/C=C\C/C=C\CCCCCCCCC(=O)OC(COC(=O)CCCCCCC/C=C\CCCCCCCC)COC(=O)CCCCCCCCCCCCCCCCCCCCCCCCCC. The number of unbranched alkanes of at least 4 members (excludes halogenated alkanes) is 45. The molecule has 0 fully saturated rings. The number of rotatable bonds is 64. The first-order valence-corrected chi connectivity index (χ1v) is 34.6. The van der Waals surface area contributed by atoms with E-state index in [1.54, 1.807) is 0 Å². The lowest BCUT2D eigenvalue weighted by molar-refractivity contribution is -0.167. The Morgan fingerprint density at radius 1 is 0.256 bits per heavy atom. The Kier molecular flexibility index (Phi) is 64.6. The molecule has 0 saturated heterocycles. The van der Waals surface area contributed by atoms with Crippen molar-refractivity contribution in [3.05, 3.63) is 48.6 Å². The van der Waals surface area contributed by atoms with Crippen LogP contribution in [0.15, 0.2) is 48.6 Å². The van der Waals surface area contributed by atoms with Gasteiger partial charge in [0.15, 0.2) is 6.10 Å². The lowest BCUT2D eigenvalue weighted by Gasteiger charge is -2.18. The molecule has 0 amide bonds. The zero-order valence-electron chi connectivity index (χ0n) is 52.5. The quantitative estimate of drug-likeness (QED) is 0.0261. The molecule has 78 heavy (non-hydrogen) atoms. The van der Waals surface area contributed by atoms with E-state index in [1.807, 2.05) is 0 Å². The second-order valence-electron chi connectivity index (χ2n) is 23.4. The van der Waals surface area contributed by atoms with Crippen LogP contribution >= 0.6 is 0 Å². The van der Waals surface area contributed by atoms with Gasteiger partial charge in [-0.3, -0.25) is 14.4 Å². The van der Waals surface area contributed by atoms with Crippen LogP contribution in [0.5, 0.6) is 0 Å². The van der Waals surface area contributed by atoms with E-state index in [4.69, 9.17) is 14.2 Å². The van der Waals surface area contributed by atoms with Crippen molar-refractivity contribution in [2.45, 2.75) is 380 Å². The molecule has 0 rings (SSSR count). The minimum atomic E-state index is -0.783. The van der Waals surface area contributed by atoms with Gasteiger partial charge < -0.3 is 14.2 Å². The van der Waals surface area contributed by atoms with Gasteiger partial charge in [0, 0.05) is 19.3 Å². The number of hydrogen-bond acceptors (Lipinski definition) is 6. The van der Waals surface area contributed by atoms with Crippen molar-refractivity contribution in [2.24, 2.45) is 0 Å². The molecule has 0 bridgehead atoms. The topological polar surface area (TPSA) is 78.9 Å². The number of allylic oxidation sites excluding steroid dienone is 8. The Bertz CT molecular complexity index is 1350. The smallest absolute Gasteiger partial charge is 0.306 e. The third-order valence-electron chi connectivity index (χ3n) is 15.6. The van der Waals surface area contributed by atoms with Gasteiger partial charge in [0.2, 0.25) is 0 Å². The molecule has 0 aromatic heterocycles. The minimum absolute atomic E-state index is 0.0773. The third-order valence-corrected chi connectivity index (χ3v) is 15.6. The highest BCUT2D eigenvalue weighted by Crippen LogP contribution is 2.18. The Morgan fingerprint density at radius 2 is 0.462 bits per heavy atom. The molecule has 0 aliphatic heterocycles. The van der Waals surface area contributed by atoms with Gasteiger partial charge >= 0.3 is 17.9 Å². The van der Waals surface area contributed by atoms with E-state index < -0.39 is 6.10 Å². The average Bonchev–Trinajstić information content (AvgIpc) is 3.44. The predicted molar refractivity (Wildman–Crippen MR) is 339 cm³/mol.